The van der Waals surface area contributed by atoms with Gasteiger partial charge in [0.05, 0.1) is 5.25 Å². The Morgan fingerprint density at radius 2 is 2.00 bits per heavy atom. The topological polar surface area (TPSA) is 40.1 Å². The summed E-state index contributed by atoms with van der Waals surface area (Å²) in [6, 6.07) is 9.63. The van der Waals surface area contributed by atoms with Crippen LogP contribution in [0.1, 0.15) is 12.0 Å². The first-order chi connectivity index (χ1) is 6.29. The van der Waals surface area contributed by atoms with E-state index in [1.54, 1.807) is 0 Å². The zero-order valence-electron chi connectivity index (χ0n) is 6.97. The molecular formula is C10H9O2S-. The summed E-state index contributed by atoms with van der Waals surface area (Å²) in [6.45, 7) is 0. The van der Waals surface area contributed by atoms with Crippen molar-refractivity contribution in [3.8, 4) is 0 Å². The third-order valence-electron chi connectivity index (χ3n) is 2.24. The smallest absolute Gasteiger partial charge is 0.0502 e. The minimum Gasteiger partial charge on any atom is -0.772 e. The summed E-state index contributed by atoms with van der Waals surface area (Å²) in [7, 11) is 0. The molecule has 2 atom stereocenters. The van der Waals surface area contributed by atoms with Crippen molar-refractivity contribution in [3.05, 3.63) is 42.0 Å². The van der Waals surface area contributed by atoms with Gasteiger partial charge in [-0.25, -0.2) is 0 Å². The Morgan fingerprint density at radius 3 is 2.46 bits per heavy atom. The first-order valence-electron chi connectivity index (χ1n) is 4.12. The number of allylic oxidation sites excluding steroid dienone is 1. The van der Waals surface area contributed by atoms with Gasteiger partial charge in [-0.15, -0.1) is 0 Å². The second-order valence-corrected chi connectivity index (χ2v) is 4.10. The van der Waals surface area contributed by atoms with Crippen LogP contribution >= 0.6 is 0 Å². The van der Waals surface area contributed by atoms with Crippen molar-refractivity contribution in [1.29, 1.82) is 0 Å². The third kappa shape index (κ3) is 1.57. The highest BCUT2D eigenvalue weighted by molar-refractivity contribution is 7.80. The van der Waals surface area contributed by atoms with Crippen molar-refractivity contribution in [3.63, 3.8) is 0 Å². The van der Waals surface area contributed by atoms with E-state index >= 15 is 0 Å². The SMILES string of the molecule is O=S([O-])C1CC=C1c1ccccc1. The molecule has 0 aliphatic heterocycles. The normalized spacial score (nSPS) is 23.2. The molecule has 3 heteroatoms. The van der Waals surface area contributed by atoms with Crippen LogP contribution in [-0.2, 0) is 11.1 Å². The van der Waals surface area contributed by atoms with Crippen LogP contribution in [0.5, 0.6) is 0 Å². The number of hydrogen-bond acceptors (Lipinski definition) is 2. The summed E-state index contributed by atoms with van der Waals surface area (Å²) < 4.78 is 21.4. The first-order valence-corrected chi connectivity index (χ1v) is 5.26. The molecule has 0 heterocycles. The molecule has 0 saturated carbocycles. The molecule has 2 rings (SSSR count). The molecule has 0 saturated heterocycles. The fourth-order valence-electron chi connectivity index (χ4n) is 1.45. The van der Waals surface area contributed by atoms with Crippen molar-refractivity contribution in [2.45, 2.75) is 11.7 Å². The van der Waals surface area contributed by atoms with Crippen LogP contribution in [0.4, 0.5) is 0 Å². The maximum atomic E-state index is 10.7. The fourth-order valence-corrected chi connectivity index (χ4v) is 2.14. The molecule has 0 radical (unpaired) electrons. The summed E-state index contributed by atoms with van der Waals surface area (Å²) in [5.41, 5.74) is 1.96. The molecule has 0 N–H and O–H groups in total. The van der Waals surface area contributed by atoms with Gasteiger partial charge in [0.2, 0.25) is 0 Å². The van der Waals surface area contributed by atoms with E-state index in [4.69, 9.17) is 0 Å². The van der Waals surface area contributed by atoms with Gasteiger partial charge in [0.15, 0.2) is 0 Å². The van der Waals surface area contributed by atoms with E-state index in [-0.39, 0.29) is 5.25 Å². The lowest BCUT2D eigenvalue weighted by atomic mass is 9.91. The van der Waals surface area contributed by atoms with Crippen molar-refractivity contribution in [2.75, 3.05) is 0 Å². The van der Waals surface area contributed by atoms with Crippen LogP contribution in [-0.4, -0.2) is 14.0 Å². The summed E-state index contributed by atoms with van der Waals surface area (Å²) in [5, 5.41) is -0.289. The van der Waals surface area contributed by atoms with Crippen molar-refractivity contribution >= 4 is 16.7 Å². The van der Waals surface area contributed by atoms with Gasteiger partial charge in [0.25, 0.3) is 0 Å². The molecule has 0 spiro atoms. The van der Waals surface area contributed by atoms with E-state index in [0.717, 1.165) is 11.1 Å². The van der Waals surface area contributed by atoms with E-state index < -0.39 is 11.1 Å². The van der Waals surface area contributed by atoms with Crippen molar-refractivity contribution in [1.82, 2.24) is 0 Å². The van der Waals surface area contributed by atoms with Crippen LogP contribution in [0.25, 0.3) is 5.57 Å². The zero-order valence-corrected chi connectivity index (χ0v) is 7.79. The quantitative estimate of drug-likeness (QED) is 0.671. The van der Waals surface area contributed by atoms with Crippen molar-refractivity contribution in [2.24, 2.45) is 0 Å². The maximum absolute atomic E-state index is 10.7. The Kier molecular flexibility index (Phi) is 2.29. The molecule has 68 valence electrons. The van der Waals surface area contributed by atoms with E-state index in [2.05, 4.69) is 0 Å². The van der Waals surface area contributed by atoms with Gasteiger partial charge in [0, 0.05) is 0 Å². The van der Waals surface area contributed by atoms with E-state index in [1.807, 2.05) is 36.4 Å². The Labute approximate surface area is 79.6 Å². The van der Waals surface area contributed by atoms with Gasteiger partial charge < -0.3 is 4.55 Å². The lowest BCUT2D eigenvalue weighted by molar-refractivity contribution is 0.528. The maximum Gasteiger partial charge on any atom is 0.0502 e. The van der Waals surface area contributed by atoms with Gasteiger partial charge >= 0.3 is 0 Å². The van der Waals surface area contributed by atoms with Gasteiger partial charge in [-0.1, -0.05) is 36.4 Å². The zero-order chi connectivity index (χ0) is 9.26. The number of rotatable bonds is 2. The largest absolute Gasteiger partial charge is 0.772 e. The second kappa shape index (κ2) is 3.44. The van der Waals surface area contributed by atoms with Gasteiger partial charge in [-0.05, 0) is 28.6 Å². The molecule has 1 aromatic carbocycles. The molecule has 0 bridgehead atoms. The highest BCUT2D eigenvalue weighted by atomic mass is 32.2. The van der Waals surface area contributed by atoms with E-state index in [9.17, 15) is 8.76 Å². The van der Waals surface area contributed by atoms with Crippen LogP contribution in [0.2, 0.25) is 0 Å². The minimum atomic E-state index is -1.97. The van der Waals surface area contributed by atoms with Crippen LogP contribution < -0.4 is 0 Å². The molecule has 2 nitrogen and oxygen atoms in total. The molecule has 1 aromatic rings. The predicted molar refractivity (Wildman–Crippen MR) is 51.7 cm³/mol. The molecular weight excluding hydrogens is 184 g/mol. The highest BCUT2D eigenvalue weighted by Gasteiger charge is 2.22. The van der Waals surface area contributed by atoms with Gasteiger partial charge in [-0.3, -0.25) is 4.21 Å². The average Bonchev–Trinajstić information content (AvgIpc) is 2.02. The van der Waals surface area contributed by atoms with Gasteiger partial charge in [0.1, 0.15) is 0 Å². The van der Waals surface area contributed by atoms with Crippen LogP contribution in [0, 0.1) is 0 Å². The van der Waals surface area contributed by atoms with E-state index in [1.165, 1.54) is 0 Å². The molecule has 0 amide bonds. The third-order valence-corrected chi connectivity index (χ3v) is 3.15. The lowest BCUT2D eigenvalue weighted by Crippen LogP contribution is -2.22. The minimum absolute atomic E-state index is 0.289. The van der Waals surface area contributed by atoms with Gasteiger partial charge in [-0.2, -0.15) is 0 Å². The fraction of sp³-hybridized carbons (Fsp3) is 0.200. The molecule has 1 aliphatic carbocycles. The molecule has 13 heavy (non-hydrogen) atoms. The van der Waals surface area contributed by atoms with Crippen molar-refractivity contribution < 1.29 is 8.76 Å². The number of hydrogen-bond donors (Lipinski definition) is 0. The molecule has 1 aliphatic rings. The van der Waals surface area contributed by atoms with Crippen LogP contribution in [0.15, 0.2) is 36.4 Å². The Bertz CT molecular complexity index is 356. The Hall–Kier alpha value is -0.930. The monoisotopic (exact) mass is 193 g/mol. The number of benzene rings is 1. The molecule has 2 unspecified atom stereocenters. The second-order valence-electron chi connectivity index (χ2n) is 3.01. The Morgan fingerprint density at radius 1 is 1.31 bits per heavy atom. The summed E-state index contributed by atoms with van der Waals surface area (Å²) in [4.78, 5) is 0. The Balaban J connectivity index is 2.25. The van der Waals surface area contributed by atoms with E-state index in [0.29, 0.717) is 6.42 Å². The summed E-state index contributed by atoms with van der Waals surface area (Å²) >= 11 is -1.97. The lowest BCUT2D eigenvalue weighted by Gasteiger charge is -2.29. The average molecular weight is 193 g/mol. The van der Waals surface area contributed by atoms with Crippen LogP contribution in [0.3, 0.4) is 0 Å². The highest BCUT2D eigenvalue weighted by Crippen LogP contribution is 2.32. The summed E-state index contributed by atoms with van der Waals surface area (Å²) in [6.07, 6.45) is 2.62. The molecule has 0 aromatic heterocycles. The predicted octanol–water partition coefficient (Wildman–Crippen LogP) is 1.72. The first kappa shape index (κ1) is 8.66. The molecule has 0 fully saturated rings. The standard InChI is InChI=1S/C10H10O2S/c11-13(12)10-7-6-9(10)8-4-2-1-3-5-8/h1-6,10H,7H2,(H,11,12)/p-1. The summed E-state index contributed by atoms with van der Waals surface area (Å²) in [5.74, 6) is 0.